The Morgan fingerprint density at radius 3 is 2.69 bits per heavy atom. The third kappa shape index (κ3) is 5.39. The Kier molecular flexibility index (Phi) is 7.30. The first-order valence-electron chi connectivity index (χ1n) is 8.43. The molecule has 1 heterocycles. The zero-order valence-electron chi connectivity index (χ0n) is 15.2. The van der Waals surface area contributed by atoms with Gasteiger partial charge in [0.15, 0.2) is 0 Å². The first-order valence-corrected chi connectivity index (χ1v) is 8.81. The summed E-state index contributed by atoms with van der Waals surface area (Å²) < 4.78 is 0. The Hall–Kier alpha value is -2.72. The highest BCUT2D eigenvalue weighted by Crippen LogP contribution is 2.14. The molecule has 0 aliphatic rings. The van der Waals surface area contributed by atoms with Gasteiger partial charge in [0.1, 0.15) is 5.82 Å². The monoisotopic (exact) mass is 367 g/mol. The van der Waals surface area contributed by atoms with Gasteiger partial charge in [0.25, 0.3) is 5.91 Å². The van der Waals surface area contributed by atoms with Crippen LogP contribution in [0.3, 0.4) is 0 Å². The molecule has 0 bridgehead atoms. The summed E-state index contributed by atoms with van der Waals surface area (Å²) >= 11 is 5.97. The molecule has 4 nitrogen and oxygen atoms in total. The molecule has 1 amide bonds. The van der Waals surface area contributed by atoms with Gasteiger partial charge in [0.05, 0.1) is 5.69 Å². The van der Waals surface area contributed by atoms with Gasteiger partial charge in [-0.05, 0) is 56.2 Å². The number of benzene rings is 1. The van der Waals surface area contributed by atoms with E-state index in [1.807, 2.05) is 45.0 Å². The molecule has 2 rings (SSSR count). The molecule has 0 fully saturated rings. The highest BCUT2D eigenvalue weighted by atomic mass is 35.5. The van der Waals surface area contributed by atoms with Crippen molar-refractivity contribution in [2.24, 2.45) is 4.99 Å². The number of aromatic nitrogens is 1. The van der Waals surface area contributed by atoms with Crippen molar-refractivity contribution in [3.8, 4) is 0 Å². The fourth-order valence-corrected chi connectivity index (χ4v) is 2.37. The number of halogens is 1. The summed E-state index contributed by atoms with van der Waals surface area (Å²) in [4.78, 5) is 21.4. The smallest absolute Gasteiger partial charge is 0.256 e. The van der Waals surface area contributed by atoms with Crippen molar-refractivity contribution in [3.63, 3.8) is 0 Å². The molecule has 1 aromatic carbocycles. The molecule has 1 N–H and O–H groups in total. The number of hydrogen-bond donors (Lipinski definition) is 1. The number of pyridine rings is 1. The van der Waals surface area contributed by atoms with E-state index in [4.69, 9.17) is 11.6 Å². The van der Waals surface area contributed by atoms with E-state index in [1.54, 1.807) is 36.7 Å². The third-order valence-electron chi connectivity index (χ3n) is 3.86. The molecule has 0 unspecified atom stereocenters. The molecule has 1 aromatic heterocycles. The van der Waals surface area contributed by atoms with E-state index < -0.39 is 0 Å². The molecule has 0 aliphatic carbocycles. The Morgan fingerprint density at radius 1 is 1.27 bits per heavy atom. The van der Waals surface area contributed by atoms with Gasteiger partial charge in [-0.1, -0.05) is 36.7 Å². The largest absolute Gasteiger partial charge is 0.307 e. The average Bonchev–Trinajstić information content (AvgIpc) is 2.67. The second kappa shape index (κ2) is 9.68. The summed E-state index contributed by atoms with van der Waals surface area (Å²) in [5.41, 5.74) is 3.18. The van der Waals surface area contributed by atoms with Gasteiger partial charge in [-0.2, -0.15) is 0 Å². The van der Waals surface area contributed by atoms with Crippen molar-refractivity contribution >= 4 is 29.3 Å². The Bertz CT molecular complexity index is 855. The number of carbonyl (C=O) groups is 1. The molecular formula is C21H22ClN3O. The minimum absolute atomic E-state index is 0.243. The van der Waals surface area contributed by atoms with E-state index in [0.717, 1.165) is 23.3 Å². The van der Waals surface area contributed by atoms with Gasteiger partial charge in [-0.25, -0.2) is 4.99 Å². The quantitative estimate of drug-likeness (QED) is 0.706. The summed E-state index contributed by atoms with van der Waals surface area (Å²) in [6, 6.07) is 12.5. The fraction of sp³-hybridized carbons (Fsp3) is 0.190. The topological polar surface area (TPSA) is 54.4 Å². The molecule has 0 aliphatic heterocycles. The highest BCUT2D eigenvalue weighted by molar-refractivity contribution is 6.31. The molecule has 134 valence electrons. The maximum Gasteiger partial charge on any atom is 0.256 e. The summed E-state index contributed by atoms with van der Waals surface area (Å²) in [7, 11) is 0. The fourth-order valence-electron chi connectivity index (χ4n) is 2.18. The van der Waals surface area contributed by atoms with Crippen LogP contribution in [0.1, 0.15) is 43.2 Å². The van der Waals surface area contributed by atoms with Crippen LogP contribution in [0.2, 0.25) is 5.02 Å². The van der Waals surface area contributed by atoms with Crippen LogP contribution in [0, 0.1) is 0 Å². The van der Waals surface area contributed by atoms with E-state index >= 15 is 0 Å². The van der Waals surface area contributed by atoms with Crippen molar-refractivity contribution in [1.29, 1.82) is 0 Å². The summed E-state index contributed by atoms with van der Waals surface area (Å²) in [6.07, 6.45) is 6.16. The molecular weight excluding hydrogens is 346 g/mol. The number of nitrogens with zero attached hydrogens (tertiary/aromatic N) is 2. The van der Waals surface area contributed by atoms with Crippen LogP contribution >= 0.6 is 11.6 Å². The van der Waals surface area contributed by atoms with Crippen LogP contribution in [0.4, 0.5) is 0 Å². The standard InChI is InChI=1S/C21H22ClN3O/c1-4-15(3)20(25-21(26)17-9-8-10-18(22)13-17)24-14-16(5-2)19-11-6-7-12-23-19/h5-14H,4H2,1-3H3,(H,25,26)/b16-5+,20-15-,24-14-. The van der Waals surface area contributed by atoms with E-state index in [-0.39, 0.29) is 5.91 Å². The summed E-state index contributed by atoms with van der Waals surface area (Å²) in [5, 5.41) is 3.40. The number of carbonyl (C=O) groups excluding carboxylic acids is 1. The number of aliphatic imine (C=N–C) groups is 1. The van der Waals surface area contributed by atoms with Crippen LogP contribution in [0.15, 0.2) is 71.1 Å². The zero-order valence-corrected chi connectivity index (χ0v) is 15.9. The number of amides is 1. The normalized spacial score (nSPS) is 12.8. The van der Waals surface area contributed by atoms with Crippen LogP contribution in [0.25, 0.3) is 5.57 Å². The van der Waals surface area contributed by atoms with Crippen molar-refractivity contribution in [3.05, 3.63) is 82.4 Å². The minimum atomic E-state index is -0.243. The summed E-state index contributed by atoms with van der Waals surface area (Å²) in [6.45, 7) is 5.89. The lowest BCUT2D eigenvalue weighted by atomic mass is 10.1. The number of rotatable bonds is 6. The number of allylic oxidation sites excluding steroid dienone is 3. The molecule has 0 saturated heterocycles. The Labute approximate surface area is 159 Å². The maximum absolute atomic E-state index is 12.5. The van der Waals surface area contributed by atoms with Gasteiger partial charge < -0.3 is 5.32 Å². The molecule has 0 saturated carbocycles. The molecule has 26 heavy (non-hydrogen) atoms. The summed E-state index contributed by atoms with van der Waals surface area (Å²) in [5.74, 6) is 0.292. The second-order valence-corrected chi connectivity index (χ2v) is 6.10. The molecule has 0 atom stereocenters. The van der Waals surface area contributed by atoms with Crippen molar-refractivity contribution in [2.45, 2.75) is 27.2 Å². The molecule has 2 aromatic rings. The lowest BCUT2D eigenvalue weighted by molar-refractivity contribution is 0.0965. The molecule has 0 spiro atoms. The van der Waals surface area contributed by atoms with Gasteiger partial charge in [0.2, 0.25) is 0 Å². The predicted molar refractivity (Wildman–Crippen MR) is 108 cm³/mol. The van der Waals surface area contributed by atoms with Gasteiger partial charge in [-0.3, -0.25) is 9.78 Å². The van der Waals surface area contributed by atoms with Crippen LogP contribution in [-0.2, 0) is 0 Å². The van der Waals surface area contributed by atoms with Gasteiger partial charge in [0, 0.05) is 28.6 Å². The Balaban J connectivity index is 2.24. The third-order valence-corrected chi connectivity index (χ3v) is 4.09. The van der Waals surface area contributed by atoms with E-state index in [1.165, 1.54) is 0 Å². The van der Waals surface area contributed by atoms with E-state index in [2.05, 4.69) is 15.3 Å². The molecule has 5 heteroatoms. The van der Waals surface area contributed by atoms with E-state index in [9.17, 15) is 4.79 Å². The first kappa shape index (κ1) is 19.6. The van der Waals surface area contributed by atoms with Crippen molar-refractivity contribution in [2.75, 3.05) is 0 Å². The van der Waals surface area contributed by atoms with Crippen LogP contribution < -0.4 is 5.32 Å². The minimum Gasteiger partial charge on any atom is -0.307 e. The number of nitrogens with one attached hydrogen (secondary N) is 1. The highest BCUT2D eigenvalue weighted by Gasteiger charge is 2.10. The average molecular weight is 368 g/mol. The van der Waals surface area contributed by atoms with Crippen molar-refractivity contribution < 1.29 is 4.79 Å². The molecule has 0 radical (unpaired) electrons. The predicted octanol–water partition coefficient (Wildman–Crippen LogP) is 5.28. The SMILES string of the molecule is C\C=C(/C=N\C(NC(=O)c1cccc(Cl)c1)=C(/C)CC)c1ccccn1. The Morgan fingerprint density at radius 2 is 2.08 bits per heavy atom. The number of hydrogen-bond acceptors (Lipinski definition) is 3. The van der Waals surface area contributed by atoms with Gasteiger partial charge in [-0.15, -0.1) is 0 Å². The lowest BCUT2D eigenvalue weighted by Crippen LogP contribution is -2.23. The van der Waals surface area contributed by atoms with Crippen molar-refractivity contribution in [1.82, 2.24) is 10.3 Å². The lowest BCUT2D eigenvalue weighted by Gasteiger charge is -2.10. The first-order chi connectivity index (χ1) is 12.5. The zero-order chi connectivity index (χ0) is 18.9. The van der Waals surface area contributed by atoms with Crippen LogP contribution in [0.5, 0.6) is 0 Å². The second-order valence-electron chi connectivity index (χ2n) is 5.66. The van der Waals surface area contributed by atoms with E-state index in [0.29, 0.717) is 16.4 Å². The maximum atomic E-state index is 12.5. The van der Waals surface area contributed by atoms with Crippen LogP contribution in [-0.4, -0.2) is 17.1 Å². The van der Waals surface area contributed by atoms with Gasteiger partial charge >= 0.3 is 0 Å².